The molecule has 2 nitrogen and oxygen atoms in total. The van der Waals surface area contributed by atoms with Crippen molar-refractivity contribution in [1.82, 2.24) is 0 Å². The molecule has 3 rings (SSSR count). The van der Waals surface area contributed by atoms with Gasteiger partial charge in [-0.15, -0.1) is 0 Å². The minimum absolute atomic E-state index is 0.00972. The number of ether oxygens (including phenoxy) is 1. The molecule has 1 spiro atoms. The summed E-state index contributed by atoms with van der Waals surface area (Å²) in [5, 5.41) is 10.5. The van der Waals surface area contributed by atoms with Crippen molar-refractivity contribution in [2.24, 2.45) is 5.92 Å². The molecule has 19 heavy (non-hydrogen) atoms. The highest BCUT2D eigenvalue weighted by atomic mass is 19.1. The van der Waals surface area contributed by atoms with Crippen LogP contribution in [0.5, 0.6) is 0 Å². The zero-order valence-corrected chi connectivity index (χ0v) is 11.4. The molecule has 1 aromatic rings. The van der Waals surface area contributed by atoms with Crippen molar-refractivity contribution in [1.29, 1.82) is 0 Å². The molecule has 0 aromatic heterocycles. The van der Waals surface area contributed by atoms with E-state index in [1.165, 1.54) is 12.5 Å². The first-order valence-corrected chi connectivity index (χ1v) is 7.18. The van der Waals surface area contributed by atoms with Crippen LogP contribution in [-0.4, -0.2) is 17.3 Å². The first-order chi connectivity index (χ1) is 9.10. The number of aliphatic hydroxyl groups is 1. The molecule has 2 unspecified atom stereocenters. The fraction of sp³-hybridized carbons (Fsp3) is 0.625. The summed E-state index contributed by atoms with van der Waals surface area (Å²) in [6.45, 7) is 2.61. The normalized spacial score (nSPS) is 27.0. The number of hydrogen-bond acceptors (Lipinski definition) is 2. The second kappa shape index (κ2) is 4.88. The number of hydrogen-bond donors (Lipinski definition) is 1. The molecule has 3 heteroatoms. The van der Waals surface area contributed by atoms with E-state index in [9.17, 15) is 9.50 Å². The molecule has 0 bridgehead atoms. The van der Waals surface area contributed by atoms with E-state index < -0.39 is 6.10 Å². The predicted molar refractivity (Wildman–Crippen MR) is 71.4 cm³/mol. The van der Waals surface area contributed by atoms with Gasteiger partial charge in [-0.05, 0) is 51.0 Å². The Labute approximate surface area is 113 Å². The molecule has 1 N–H and O–H groups in total. The Morgan fingerprint density at radius 2 is 2.21 bits per heavy atom. The van der Waals surface area contributed by atoms with Crippen LogP contribution in [0.2, 0.25) is 0 Å². The van der Waals surface area contributed by atoms with E-state index in [2.05, 4.69) is 0 Å². The summed E-state index contributed by atoms with van der Waals surface area (Å²) in [5.74, 6) is -0.183. The van der Waals surface area contributed by atoms with Gasteiger partial charge in [-0.25, -0.2) is 4.39 Å². The molecule has 1 saturated carbocycles. The summed E-state index contributed by atoms with van der Waals surface area (Å²) < 4.78 is 19.7. The average Bonchev–Trinajstić information content (AvgIpc) is 2.39. The summed E-state index contributed by atoms with van der Waals surface area (Å²) in [6.07, 6.45) is 4.36. The van der Waals surface area contributed by atoms with E-state index >= 15 is 0 Å². The summed E-state index contributed by atoms with van der Waals surface area (Å²) in [6, 6.07) is 4.96. The lowest BCUT2D eigenvalue weighted by atomic mass is 9.70. The smallest absolute Gasteiger partial charge is 0.129 e. The number of benzene rings is 1. The topological polar surface area (TPSA) is 29.5 Å². The lowest BCUT2D eigenvalue weighted by molar-refractivity contribution is -0.157. The monoisotopic (exact) mass is 264 g/mol. The maximum absolute atomic E-state index is 13.9. The van der Waals surface area contributed by atoms with Crippen molar-refractivity contribution in [3.63, 3.8) is 0 Å². The van der Waals surface area contributed by atoms with E-state index in [1.807, 2.05) is 6.92 Å². The van der Waals surface area contributed by atoms with Crippen LogP contribution in [-0.2, 0) is 4.74 Å². The molecule has 1 saturated heterocycles. The first-order valence-electron chi connectivity index (χ1n) is 7.18. The van der Waals surface area contributed by atoms with Crippen molar-refractivity contribution in [2.45, 2.75) is 50.7 Å². The largest absolute Gasteiger partial charge is 0.388 e. The van der Waals surface area contributed by atoms with Gasteiger partial charge in [-0.2, -0.15) is 0 Å². The highest BCUT2D eigenvalue weighted by Crippen LogP contribution is 2.47. The maximum Gasteiger partial charge on any atom is 0.129 e. The summed E-state index contributed by atoms with van der Waals surface area (Å²) in [5.41, 5.74) is 1.42. The Morgan fingerprint density at radius 1 is 1.42 bits per heavy atom. The van der Waals surface area contributed by atoms with Crippen LogP contribution in [0.1, 0.15) is 49.3 Å². The molecule has 104 valence electrons. The van der Waals surface area contributed by atoms with E-state index in [4.69, 9.17) is 4.74 Å². The molecule has 1 aliphatic heterocycles. The molecule has 1 aliphatic carbocycles. The SMILES string of the molecule is Cc1ccc(F)c(C(O)C2CCOC3(CCC3)C2)c1. The third kappa shape index (κ3) is 2.41. The lowest BCUT2D eigenvalue weighted by Crippen LogP contribution is -2.46. The molecule has 1 aromatic carbocycles. The fourth-order valence-corrected chi connectivity index (χ4v) is 3.40. The van der Waals surface area contributed by atoms with Crippen LogP contribution < -0.4 is 0 Å². The van der Waals surface area contributed by atoms with E-state index in [1.54, 1.807) is 12.1 Å². The first kappa shape index (κ1) is 13.1. The van der Waals surface area contributed by atoms with Crippen molar-refractivity contribution < 1.29 is 14.2 Å². The standard InChI is InChI=1S/C16H21FO2/c1-11-3-4-14(17)13(9-11)15(18)12-5-8-19-16(10-12)6-2-7-16/h3-4,9,12,15,18H,2,5-8,10H2,1H3. The lowest BCUT2D eigenvalue weighted by Gasteiger charge is -2.48. The molecule has 2 aliphatic rings. The number of rotatable bonds is 2. The molecule has 0 amide bonds. The summed E-state index contributed by atoms with van der Waals surface area (Å²) >= 11 is 0. The van der Waals surface area contributed by atoms with E-state index in [-0.39, 0.29) is 17.3 Å². The van der Waals surface area contributed by atoms with Crippen molar-refractivity contribution in [2.75, 3.05) is 6.61 Å². The van der Waals surface area contributed by atoms with Crippen molar-refractivity contribution >= 4 is 0 Å². The Morgan fingerprint density at radius 3 is 2.89 bits per heavy atom. The van der Waals surface area contributed by atoms with Gasteiger partial charge in [0.1, 0.15) is 5.82 Å². The summed E-state index contributed by atoms with van der Waals surface area (Å²) in [7, 11) is 0. The average molecular weight is 264 g/mol. The van der Waals surface area contributed by atoms with Crippen molar-refractivity contribution in [3.8, 4) is 0 Å². The van der Waals surface area contributed by atoms with Crippen LogP contribution in [0.25, 0.3) is 0 Å². The minimum atomic E-state index is -0.707. The second-order valence-corrected chi connectivity index (χ2v) is 6.11. The van der Waals surface area contributed by atoms with E-state index in [0.29, 0.717) is 12.2 Å². The summed E-state index contributed by atoms with van der Waals surface area (Å²) in [4.78, 5) is 0. The Hall–Kier alpha value is -0.930. The minimum Gasteiger partial charge on any atom is -0.388 e. The van der Waals surface area contributed by atoms with Crippen LogP contribution in [0.15, 0.2) is 18.2 Å². The quantitative estimate of drug-likeness (QED) is 0.885. The van der Waals surface area contributed by atoms with E-state index in [0.717, 1.165) is 31.2 Å². The fourth-order valence-electron chi connectivity index (χ4n) is 3.40. The van der Waals surface area contributed by atoms with Crippen LogP contribution in [0, 0.1) is 18.7 Å². The van der Waals surface area contributed by atoms with Crippen molar-refractivity contribution in [3.05, 3.63) is 35.1 Å². The van der Waals surface area contributed by atoms with Gasteiger partial charge in [-0.1, -0.05) is 17.7 Å². The van der Waals surface area contributed by atoms with Gasteiger partial charge in [-0.3, -0.25) is 0 Å². The van der Waals surface area contributed by atoms with Gasteiger partial charge in [0.2, 0.25) is 0 Å². The molecule has 2 atom stereocenters. The van der Waals surface area contributed by atoms with Gasteiger partial charge < -0.3 is 9.84 Å². The van der Waals surface area contributed by atoms with Gasteiger partial charge in [0, 0.05) is 12.2 Å². The molecule has 0 radical (unpaired) electrons. The zero-order chi connectivity index (χ0) is 13.5. The van der Waals surface area contributed by atoms with Crippen LogP contribution in [0.3, 0.4) is 0 Å². The van der Waals surface area contributed by atoms with Gasteiger partial charge in [0.15, 0.2) is 0 Å². The highest BCUT2D eigenvalue weighted by molar-refractivity contribution is 5.26. The second-order valence-electron chi connectivity index (χ2n) is 6.11. The molecule has 2 fully saturated rings. The Balaban J connectivity index is 1.79. The molecule has 1 heterocycles. The number of halogens is 1. The highest BCUT2D eigenvalue weighted by Gasteiger charge is 2.44. The van der Waals surface area contributed by atoms with Crippen LogP contribution in [0.4, 0.5) is 4.39 Å². The molecular weight excluding hydrogens is 243 g/mol. The predicted octanol–water partition coefficient (Wildman–Crippen LogP) is 3.52. The Kier molecular flexibility index (Phi) is 3.35. The maximum atomic E-state index is 13.9. The number of aliphatic hydroxyl groups excluding tert-OH is 1. The third-order valence-corrected chi connectivity index (χ3v) is 4.71. The Bertz CT molecular complexity index is 468. The van der Waals surface area contributed by atoms with Gasteiger partial charge in [0.25, 0.3) is 0 Å². The molecular formula is C16H21FO2. The van der Waals surface area contributed by atoms with Gasteiger partial charge in [0.05, 0.1) is 11.7 Å². The van der Waals surface area contributed by atoms with Crippen LogP contribution >= 0.6 is 0 Å². The third-order valence-electron chi connectivity index (χ3n) is 4.71. The zero-order valence-electron chi connectivity index (χ0n) is 11.4. The number of aryl methyl sites for hydroxylation is 1. The van der Waals surface area contributed by atoms with Gasteiger partial charge >= 0.3 is 0 Å².